The Labute approximate surface area is 177 Å². The van der Waals surface area contributed by atoms with E-state index >= 15 is 0 Å². The van der Waals surface area contributed by atoms with E-state index in [9.17, 15) is 9.59 Å². The maximum atomic E-state index is 12.9. The zero-order chi connectivity index (χ0) is 20.7. The van der Waals surface area contributed by atoms with Gasteiger partial charge in [0, 0.05) is 30.0 Å². The van der Waals surface area contributed by atoms with E-state index in [1.54, 1.807) is 4.57 Å². The van der Waals surface area contributed by atoms with Crippen LogP contribution in [-0.2, 0) is 13.0 Å². The molecular weight excluding hydrogens is 396 g/mol. The average molecular weight is 417 g/mol. The van der Waals surface area contributed by atoms with Crippen LogP contribution < -0.4 is 16.2 Å². The number of hydrogen-bond acceptors (Lipinski definition) is 5. The molecular formula is C23H20N4O2S. The minimum Gasteiger partial charge on any atom is -0.356 e. The molecule has 0 radical (unpaired) electrons. The third-order valence-corrected chi connectivity index (χ3v) is 6.51. The maximum absolute atomic E-state index is 12.9. The van der Waals surface area contributed by atoms with Crippen LogP contribution in [-0.4, -0.2) is 15.5 Å². The summed E-state index contributed by atoms with van der Waals surface area (Å²) < 4.78 is 1.74. The molecule has 0 saturated heterocycles. The number of para-hydroxylation sites is 1. The van der Waals surface area contributed by atoms with Crippen molar-refractivity contribution in [3.8, 4) is 0 Å². The van der Waals surface area contributed by atoms with Gasteiger partial charge < -0.3 is 10.6 Å². The summed E-state index contributed by atoms with van der Waals surface area (Å²) in [5, 5.41) is 6.82. The molecule has 30 heavy (non-hydrogen) atoms. The van der Waals surface area contributed by atoms with Crippen molar-refractivity contribution in [3.63, 3.8) is 0 Å². The lowest BCUT2D eigenvalue weighted by Gasteiger charge is -2.08. The Balaban J connectivity index is 1.38. The lowest BCUT2D eigenvalue weighted by Crippen LogP contribution is -2.20. The van der Waals surface area contributed by atoms with E-state index in [4.69, 9.17) is 0 Å². The van der Waals surface area contributed by atoms with Crippen molar-refractivity contribution in [1.82, 2.24) is 9.55 Å². The zero-order valence-corrected chi connectivity index (χ0v) is 17.3. The maximum Gasteiger partial charge on any atom is 0.266 e. The molecule has 0 atom stereocenters. The Hall–Kier alpha value is -3.45. The van der Waals surface area contributed by atoms with Crippen LogP contribution in [0.25, 0.3) is 10.2 Å². The molecule has 7 heteroatoms. The van der Waals surface area contributed by atoms with Gasteiger partial charge in [0.25, 0.3) is 11.5 Å². The third kappa shape index (κ3) is 3.27. The summed E-state index contributed by atoms with van der Waals surface area (Å²) in [6.45, 7) is 2.53. The number of anilines is 3. The van der Waals surface area contributed by atoms with E-state index in [1.807, 2.05) is 61.5 Å². The molecule has 1 amide bonds. The number of carbonyl (C=O) groups excluding carboxylic acids is 1. The van der Waals surface area contributed by atoms with Gasteiger partial charge in [-0.1, -0.05) is 18.2 Å². The summed E-state index contributed by atoms with van der Waals surface area (Å²) in [7, 11) is 0. The molecule has 1 aliphatic heterocycles. The number of rotatable bonds is 4. The lowest BCUT2D eigenvalue weighted by atomic mass is 10.2. The van der Waals surface area contributed by atoms with Crippen LogP contribution >= 0.6 is 11.3 Å². The van der Waals surface area contributed by atoms with Crippen molar-refractivity contribution in [2.24, 2.45) is 0 Å². The standard InChI is InChI=1S/C23H20N4O2S/c1-14-19-22(26-18-8-5-13-27(18)23(19)29)30-20(14)21(28)25-17-11-9-16(10-12-17)24-15-6-3-2-4-7-15/h2-4,6-7,9-12,24H,5,8,13H2,1H3,(H,25,28). The van der Waals surface area contributed by atoms with Crippen LogP contribution in [0.2, 0.25) is 0 Å². The van der Waals surface area contributed by atoms with Gasteiger partial charge in [-0.15, -0.1) is 11.3 Å². The molecule has 0 unspecified atom stereocenters. The second-order valence-corrected chi connectivity index (χ2v) is 8.35. The highest BCUT2D eigenvalue weighted by Crippen LogP contribution is 2.29. The summed E-state index contributed by atoms with van der Waals surface area (Å²) in [5.41, 5.74) is 3.30. The SMILES string of the molecule is Cc1c(C(=O)Nc2ccc(Nc3ccccc3)cc2)sc2nc3n(c(=O)c12)CCC3. The van der Waals surface area contributed by atoms with E-state index in [0.717, 1.165) is 30.0 Å². The Morgan fingerprint density at radius 2 is 1.73 bits per heavy atom. The van der Waals surface area contributed by atoms with Crippen LogP contribution in [0.1, 0.15) is 27.5 Å². The summed E-state index contributed by atoms with van der Waals surface area (Å²) in [4.78, 5) is 31.5. The Morgan fingerprint density at radius 3 is 2.50 bits per heavy atom. The van der Waals surface area contributed by atoms with Gasteiger partial charge in [-0.25, -0.2) is 4.98 Å². The van der Waals surface area contributed by atoms with Crippen molar-refractivity contribution in [1.29, 1.82) is 0 Å². The van der Waals surface area contributed by atoms with Crippen molar-refractivity contribution in [3.05, 3.63) is 81.2 Å². The number of aromatic nitrogens is 2. The highest BCUT2D eigenvalue weighted by atomic mass is 32.1. The molecule has 0 saturated carbocycles. The molecule has 0 aliphatic carbocycles. The van der Waals surface area contributed by atoms with Crippen molar-refractivity contribution < 1.29 is 4.79 Å². The van der Waals surface area contributed by atoms with Crippen molar-refractivity contribution in [2.45, 2.75) is 26.3 Å². The number of carbonyl (C=O) groups is 1. The second kappa shape index (κ2) is 7.42. The molecule has 2 aromatic heterocycles. The Kier molecular flexibility index (Phi) is 4.59. The van der Waals surface area contributed by atoms with Gasteiger partial charge in [0.05, 0.1) is 10.3 Å². The molecule has 2 aromatic carbocycles. The Bertz CT molecular complexity index is 1310. The van der Waals surface area contributed by atoms with Gasteiger partial charge in [0.15, 0.2) is 0 Å². The van der Waals surface area contributed by atoms with Gasteiger partial charge in [-0.05, 0) is 55.3 Å². The first-order valence-electron chi connectivity index (χ1n) is 9.86. The average Bonchev–Trinajstić information content (AvgIpc) is 3.35. The van der Waals surface area contributed by atoms with E-state index in [-0.39, 0.29) is 11.5 Å². The third-order valence-electron chi connectivity index (χ3n) is 5.32. The van der Waals surface area contributed by atoms with Crippen molar-refractivity contribution >= 4 is 44.5 Å². The fourth-order valence-corrected chi connectivity index (χ4v) is 4.89. The topological polar surface area (TPSA) is 76.0 Å². The van der Waals surface area contributed by atoms with Gasteiger partial charge in [0.1, 0.15) is 10.7 Å². The monoisotopic (exact) mass is 416 g/mol. The number of hydrogen-bond donors (Lipinski definition) is 2. The predicted octanol–water partition coefficient (Wildman–Crippen LogP) is 4.71. The minimum absolute atomic E-state index is 0.0309. The van der Waals surface area contributed by atoms with E-state index < -0.39 is 0 Å². The summed E-state index contributed by atoms with van der Waals surface area (Å²) in [6, 6.07) is 17.4. The van der Waals surface area contributed by atoms with Crippen LogP contribution in [0, 0.1) is 6.92 Å². The van der Waals surface area contributed by atoms with Gasteiger partial charge in [-0.2, -0.15) is 0 Å². The molecule has 0 fully saturated rings. The number of amides is 1. The quantitative estimate of drug-likeness (QED) is 0.505. The molecule has 2 N–H and O–H groups in total. The smallest absolute Gasteiger partial charge is 0.266 e. The first-order valence-corrected chi connectivity index (χ1v) is 10.7. The number of thiophene rings is 1. The second-order valence-electron chi connectivity index (χ2n) is 7.35. The van der Waals surface area contributed by atoms with Crippen LogP contribution in [0.4, 0.5) is 17.1 Å². The number of nitrogens with one attached hydrogen (secondary N) is 2. The number of fused-ring (bicyclic) bond motifs is 2. The minimum atomic E-state index is -0.219. The molecule has 0 spiro atoms. The number of aryl methyl sites for hydroxylation is 2. The molecule has 4 aromatic rings. The fourth-order valence-electron chi connectivity index (χ4n) is 3.80. The number of benzene rings is 2. The highest BCUT2D eigenvalue weighted by molar-refractivity contribution is 7.20. The van der Waals surface area contributed by atoms with Gasteiger partial charge >= 0.3 is 0 Å². The molecule has 5 rings (SSSR count). The normalized spacial score (nSPS) is 12.7. The summed E-state index contributed by atoms with van der Waals surface area (Å²) >= 11 is 1.29. The summed E-state index contributed by atoms with van der Waals surface area (Å²) in [6.07, 6.45) is 1.76. The molecule has 150 valence electrons. The predicted molar refractivity (Wildman–Crippen MR) is 121 cm³/mol. The van der Waals surface area contributed by atoms with E-state index in [2.05, 4.69) is 15.6 Å². The highest BCUT2D eigenvalue weighted by Gasteiger charge is 2.23. The van der Waals surface area contributed by atoms with Crippen molar-refractivity contribution in [2.75, 3.05) is 10.6 Å². The van der Waals surface area contributed by atoms with Gasteiger partial charge in [0.2, 0.25) is 0 Å². The van der Waals surface area contributed by atoms with E-state index in [0.29, 0.717) is 32.9 Å². The number of nitrogens with zero attached hydrogens (tertiary/aromatic N) is 2. The van der Waals surface area contributed by atoms with Crippen LogP contribution in [0.15, 0.2) is 59.4 Å². The molecule has 6 nitrogen and oxygen atoms in total. The van der Waals surface area contributed by atoms with Crippen LogP contribution in [0.5, 0.6) is 0 Å². The summed E-state index contributed by atoms with van der Waals surface area (Å²) in [5.74, 6) is 0.603. The molecule has 1 aliphatic rings. The molecule has 0 bridgehead atoms. The fraction of sp³-hybridized carbons (Fsp3) is 0.174. The van der Waals surface area contributed by atoms with Crippen LogP contribution in [0.3, 0.4) is 0 Å². The first-order chi connectivity index (χ1) is 14.6. The van der Waals surface area contributed by atoms with E-state index in [1.165, 1.54) is 11.3 Å². The lowest BCUT2D eigenvalue weighted by molar-refractivity contribution is 0.103. The largest absolute Gasteiger partial charge is 0.356 e. The first kappa shape index (κ1) is 18.6. The zero-order valence-electron chi connectivity index (χ0n) is 16.4. The van der Waals surface area contributed by atoms with Gasteiger partial charge in [-0.3, -0.25) is 14.2 Å². The molecule has 3 heterocycles. The Morgan fingerprint density at radius 1 is 1.03 bits per heavy atom.